The average molecular weight is 160 g/mol. The summed E-state index contributed by atoms with van der Waals surface area (Å²) in [6, 6.07) is 0. The van der Waals surface area contributed by atoms with E-state index in [4.69, 9.17) is 0 Å². The van der Waals surface area contributed by atoms with Crippen molar-refractivity contribution in [2.75, 3.05) is 5.43 Å². The maximum atomic E-state index is 4.61. The minimum absolute atomic E-state index is 0.362. The molecule has 0 amide bonds. The number of aromatic nitrogens is 3. The number of hydrogen-bond donors (Lipinski definition) is 2. The third-order valence-corrected chi connectivity index (χ3v) is 0.824. The fraction of sp³-hybridized carbons (Fsp3) is 0. The summed E-state index contributed by atoms with van der Waals surface area (Å²) in [5, 5.41) is 7.11. The van der Waals surface area contributed by atoms with Gasteiger partial charge in [0.2, 0.25) is 0 Å². The summed E-state index contributed by atoms with van der Waals surface area (Å²) in [4.78, 5) is 1.37. The van der Waals surface area contributed by atoms with Gasteiger partial charge in [-0.3, -0.25) is 5.43 Å². The van der Waals surface area contributed by atoms with Crippen molar-refractivity contribution in [2.45, 2.75) is 0 Å². The van der Waals surface area contributed by atoms with Crippen LogP contribution >= 0.6 is 24.8 Å². The molecule has 1 aromatic heterocycles. The minimum atomic E-state index is 0.362. The van der Waals surface area contributed by atoms with Gasteiger partial charge in [-0.25, -0.2) is 0 Å². The Morgan fingerprint density at radius 2 is 2.56 bits per heavy atom. The standard InChI is InChI=1S/C3H4N4S2/c8-3(9)5-7-2-1-4-6-7/h1-2H,(H2,5,8,9). The zero-order chi connectivity index (χ0) is 6.69. The van der Waals surface area contributed by atoms with E-state index in [1.807, 2.05) is 0 Å². The number of hydrogen-bond acceptors (Lipinski definition) is 3. The topological polar surface area (TPSA) is 42.7 Å². The van der Waals surface area contributed by atoms with Crippen LogP contribution in [0.25, 0.3) is 0 Å². The molecule has 0 fully saturated rings. The third kappa shape index (κ3) is 1.98. The Morgan fingerprint density at radius 1 is 1.78 bits per heavy atom. The SMILES string of the molecule is S=C(S)Nn1ccnn1. The zero-order valence-electron chi connectivity index (χ0n) is 4.35. The summed E-state index contributed by atoms with van der Waals surface area (Å²) in [5.41, 5.74) is 2.62. The van der Waals surface area contributed by atoms with E-state index in [2.05, 4.69) is 40.6 Å². The van der Waals surface area contributed by atoms with Gasteiger partial charge in [-0.2, -0.15) is 4.79 Å². The molecule has 0 bridgehead atoms. The highest BCUT2D eigenvalue weighted by Crippen LogP contribution is 1.80. The lowest BCUT2D eigenvalue weighted by Crippen LogP contribution is -2.16. The molecule has 0 aliphatic heterocycles. The lowest BCUT2D eigenvalue weighted by molar-refractivity contribution is 0.758. The van der Waals surface area contributed by atoms with Gasteiger partial charge in [0.1, 0.15) is 0 Å². The Labute approximate surface area is 62.6 Å². The molecular formula is C3H4N4S2. The summed E-state index contributed by atoms with van der Waals surface area (Å²) in [7, 11) is 0. The molecule has 4 nitrogen and oxygen atoms in total. The van der Waals surface area contributed by atoms with E-state index in [-0.39, 0.29) is 0 Å². The van der Waals surface area contributed by atoms with Crippen LogP contribution in [0.15, 0.2) is 12.4 Å². The van der Waals surface area contributed by atoms with Gasteiger partial charge in [-0.1, -0.05) is 12.2 Å². The van der Waals surface area contributed by atoms with E-state index < -0.39 is 0 Å². The van der Waals surface area contributed by atoms with Crippen LogP contribution < -0.4 is 5.43 Å². The Balaban J connectivity index is 2.58. The first-order valence-electron chi connectivity index (χ1n) is 2.15. The molecular weight excluding hydrogens is 156 g/mol. The molecule has 0 saturated carbocycles. The van der Waals surface area contributed by atoms with Gasteiger partial charge in [0.25, 0.3) is 0 Å². The van der Waals surface area contributed by atoms with Crippen molar-refractivity contribution in [1.29, 1.82) is 0 Å². The molecule has 48 valence electrons. The highest BCUT2D eigenvalue weighted by molar-refractivity contribution is 8.11. The van der Waals surface area contributed by atoms with Gasteiger partial charge in [-0.15, -0.1) is 17.7 Å². The van der Waals surface area contributed by atoms with Crippen molar-refractivity contribution in [1.82, 2.24) is 15.1 Å². The second-order valence-corrected chi connectivity index (χ2v) is 2.42. The molecule has 0 aromatic carbocycles. The molecule has 0 radical (unpaired) electrons. The quantitative estimate of drug-likeness (QED) is 0.449. The van der Waals surface area contributed by atoms with Gasteiger partial charge in [0, 0.05) is 0 Å². The summed E-state index contributed by atoms with van der Waals surface area (Å²) in [6.45, 7) is 0. The van der Waals surface area contributed by atoms with Crippen LogP contribution in [0.3, 0.4) is 0 Å². The maximum Gasteiger partial charge on any atom is 0.151 e. The van der Waals surface area contributed by atoms with Gasteiger partial charge in [-0.05, 0) is 5.21 Å². The highest BCUT2D eigenvalue weighted by atomic mass is 32.1. The number of thiol groups is 1. The molecule has 9 heavy (non-hydrogen) atoms. The first-order valence-corrected chi connectivity index (χ1v) is 3.01. The van der Waals surface area contributed by atoms with E-state index in [1.165, 1.54) is 4.79 Å². The smallest absolute Gasteiger partial charge is 0.151 e. The van der Waals surface area contributed by atoms with E-state index in [0.29, 0.717) is 4.32 Å². The highest BCUT2D eigenvalue weighted by Gasteiger charge is 1.87. The zero-order valence-corrected chi connectivity index (χ0v) is 6.06. The molecule has 6 heteroatoms. The first kappa shape index (κ1) is 6.50. The predicted octanol–water partition coefficient (Wildman–Crippen LogP) is 0.0363. The molecule has 0 aliphatic rings. The summed E-state index contributed by atoms with van der Waals surface area (Å²) in [6.07, 6.45) is 3.17. The van der Waals surface area contributed by atoms with Crippen LogP contribution in [0.2, 0.25) is 0 Å². The summed E-state index contributed by atoms with van der Waals surface area (Å²) < 4.78 is 0.362. The largest absolute Gasteiger partial charge is 0.261 e. The molecule has 0 aliphatic carbocycles. The van der Waals surface area contributed by atoms with Gasteiger partial charge in [0.05, 0.1) is 12.4 Å². The molecule has 0 atom stereocenters. The Kier molecular flexibility index (Phi) is 2.01. The second kappa shape index (κ2) is 2.79. The van der Waals surface area contributed by atoms with Crippen molar-refractivity contribution in [3.05, 3.63) is 12.4 Å². The average Bonchev–Trinajstić information content (AvgIpc) is 2.15. The van der Waals surface area contributed by atoms with Crippen molar-refractivity contribution < 1.29 is 0 Å². The lowest BCUT2D eigenvalue weighted by Gasteiger charge is -1.97. The molecule has 0 spiro atoms. The normalized spacial score (nSPS) is 9.00. The number of thiocarbonyl (C=S) groups is 1. The fourth-order valence-corrected chi connectivity index (χ4v) is 0.562. The molecule has 1 heterocycles. The van der Waals surface area contributed by atoms with Crippen LogP contribution in [0.1, 0.15) is 0 Å². The first-order chi connectivity index (χ1) is 4.29. The van der Waals surface area contributed by atoms with E-state index in [9.17, 15) is 0 Å². The van der Waals surface area contributed by atoms with E-state index in [0.717, 1.165) is 0 Å². The van der Waals surface area contributed by atoms with Crippen molar-refractivity contribution in [3.8, 4) is 0 Å². The molecule has 1 N–H and O–H groups in total. The van der Waals surface area contributed by atoms with Crippen LogP contribution in [0, 0.1) is 0 Å². The van der Waals surface area contributed by atoms with Crippen molar-refractivity contribution >= 4 is 29.2 Å². The molecule has 0 saturated heterocycles. The Hall–Kier alpha value is -0.620. The fourth-order valence-electron chi connectivity index (χ4n) is 0.366. The van der Waals surface area contributed by atoms with E-state index in [1.54, 1.807) is 12.4 Å². The monoisotopic (exact) mass is 160 g/mol. The van der Waals surface area contributed by atoms with Crippen molar-refractivity contribution in [3.63, 3.8) is 0 Å². The lowest BCUT2D eigenvalue weighted by atomic mass is 11.0. The number of nitrogens with one attached hydrogen (secondary N) is 1. The van der Waals surface area contributed by atoms with Gasteiger partial charge < -0.3 is 0 Å². The van der Waals surface area contributed by atoms with Gasteiger partial charge >= 0.3 is 0 Å². The van der Waals surface area contributed by atoms with Crippen LogP contribution in [0.5, 0.6) is 0 Å². The van der Waals surface area contributed by atoms with E-state index >= 15 is 0 Å². The van der Waals surface area contributed by atoms with Crippen LogP contribution in [-0.2, 0) is 0 Å². The van der Waals surface area contributed by atoms with Crippen LogP contribution in [0.4, 0.5) is 0 Å². The Morgan fingerprint density at radius 3 is 3.00 bits per heavy atom. The third-order valence-electron chi connectivity index (χ3n) is 0.633. The van der Waals surface area contributed by atoms with Crippen molar-refractivity contribution in [2.24, 2.45) is 0 Å². The number of rotatable bonds is 1. The van der Waals surface area contributed by atoms with Crippen LogP contribution in [-0.4, -0.2) is 19.4 Å². The maximum absolute atomic E-state index is 4.61. The second-order valence-electron chi connectivity index (χ2n) is 1.26. The summed E-state index contributed by atoms with van der Waals surface area (Å²) >= 11 is 8.42. The molecule has 1 rings (SSSR count). The Bertz CT molecular complexity index is 194. The van der Waals surface area contributed by atoms with Gasteiger partial charge in [0.15, 0.2) is 4.32 Å². The summed E-state index contributed by atoms with van der Waals surface area (Å²) in [5.74, 6) is 0. The molecule has 1 aromatic rings. The molecule has 0 unspecified atom stereocenters. The minimum Gasteiger partial charge on any atom is -0.261 e. The predicted molar refractivity (Wildman–Crippen MR) is 41.0 cm³/mol. The number of nitrogens with zero attached hydrogens (tertiary/aromatic N) is 3.